The molecule has 2 unspecified atom stereocenters. The Morgan fingerprint density at radius 2 is 2.05 bits per heavy atom. The number of nitrogens with zero attached hydrogens (tertiary/aromatic N) is 2. The SMILES string of the molecule is COCc1nc(NN)cc(NC2CCCCC2C)n1. The second kappa shape index (κ2) is 6.68. The predicted octanol–water partition coefficient (Wildman–Crippen LogP) is 1.90. The highest BCUT2D eigenvalue weighted by Crippen LogP contribution is 2.26. The van der Waals surface area contributed by atoms with E-state index in [1.54, 1.807) is 7.11 Å². The average molecular weight is 265 g/mol. The lowest BCUT2D eigenvalue weighted by atomic mass is 9.86. The number of hydrazine groups is 1. The Hall–Kier alpha value is -1.40. The van der Waals surface area contributed by atoms with Crippen molar-refractivity contribution in [1.82, 2.24) is 9.97 Å². The van der Waals surface area contributed by atoms with Crippen molar-refractivity contribution in [2.24, 2.45) is 11.8 Å². The van der Waals surface area contributed by atoms with E-state index >= 15 is 0 Å². The van der Waals surface area contributed by atoms with Crippen molar-refractivity contribution >= 4 is 11.6 Å². The molecule has 1 aliphatic carbocycles. The van der Waals surface area contributed by atoms with E-state index in [1.165, 1.54) is 25.7 Å². The quantitative estimate of drug-likeness (QED) is 0.557. The minimum absolute atomic E-state index is 0.379. The van der Waals surface area contributed by atoms with Crippen molar-refractivity contribution in [3.8, 4) is 0 Å². The molecular weight excluding hydrogens is 242 g/mol. The second-order valence-electron chi connectivity index (χ2n) is 5.14. The number of hydrogen-bond donors (Lipinski definition) is 3. The molecule has 6 nitrogen and oxygen atoms in total. The fraction of sp³-hybridized carbons (Fsp3) is 0.692. The third-order valence-electron chi connectivity index (χ3n) is 3.64. The summed E-state index contributed by atoms with van der Waals surface area (Å²) in [6.07, 6.45) is 5.07. The number of rotatable bonds is 5. The summed E-state index contributed by atoms with van der Waals surface area (Å²) in [5, 5.41) is 3.50. The van der Waals surface area contributed by atoms with Gasteiger partial charge >= 0.3 is 0 Å². The van der Waals surface area contributed by atoms with Gasteiger partial charge in [0, 0.05) is 19.2 Å². The molecule has 0 amide bonds. The third-order valence-corrected chi connectivity index (χ3v) is 3.64. The molecule has 0 aromatic carbocycles. The van der Waals surface area contributed by atoms with Crippen molar-refractivity contribution in [2.75, 3.05) is 17.9 Å². The zero-order chi connectivity index (χ0) is 13.7. The minimum atomic E-state index is 0.379. The molecule has 0 spiro atoms. The number of anilines is 2. The number of nitrogen functional groups attached to an aromatic ring is 1. The molecule has 1 aromatic heterocycles. The lowest BCUT2D eigenvalue weighted by Crippen LogP contribution is -2.31. The van der Waals surface area contributed by atoms with Gasteiger partial charge in [-0.25, -0.2) is 15.8 Å². The first-order chi connectivity index (χ1) is 9.22. The van der Waals surface area contributed by atoms with Gasteiger partial charge in [-0.1, -0.05) is 19.8 Å². The van der Waals surface area contributed by atoms with Crippen molar-refractivity contribution in [1.29, 1.82) is 0 Å². The summed E-state index contributed by atoms with van der Waals surface area (Å²) in [6, 6.07) is 2.31. The van der Waals surface area contributed by atoms with E-state index in [2.05, 4.69) is 27.6 Å². The first-order valence-electron chi connectivity index (χ1n) is 6.83. The van der Waals surface area contributed by atoms with Gasteiger partial charge in [-0.15, -0.1) is 0 Å². The molecular formula is C13H23N5O. The van der Waals surface area contributed by atoms with Gasteiger partial charge in [0.25, 0.3) is 0 Å². The maximum absolute atomic E-state index is 5.44. The van der Waals surface area contributed by atoms with Crippen LogP contribution in [-0.2, 0) is 11.3 Å². The van der Waals surface area contributed by atoms with Gasteiger partial charge in [-0.2, -0.15) is 0 Å². The zero-order valence-electron chi connectivity index (χ0n) is 11.6. The van der Waals surface area contributed by atoms with Gasteiger partial charge < -0.3 is 15.5 Å². The molecule has 1 fully saturated rings. The highest BCUT2D eigenvalue weighted by molar-refractivity contribution is 5.47. The fourth-order valence-electron chi connectivity index (χ4n) is 2.56. The Morgan fingerprint density at radius 1 is 1.32 bits per heavy atom. The van der Waals surface area contributed by atoms with E-state index in [0.29, 0.717) is 30.2 Å². The van der Waals surface area contributed by atoms with Crippen LogP contribution in [0.2, 0.25) is 0 Å². The summed E-state index contributed by atoms with van der Waals surface area (Å²) >= 11 is 0. The maximum Gasteiger partial charge on any atom is 0.158 e. The molecule has 1 aliphatic rings. The molecule has 1 aromatic rings. The van der Waals surface area contributed by atoms with E-state index in [0.717, 1.165) is 5.82 Å². The highest BCUT2D eigenvalue weighted by atomic mass is 16.5. The van der Waals surface area contributed by atoms with Crippen molar-refractivity contribution in [3.05, 3.63) is 11.9 Å². The predicted molar refractivity (Wildman–Crippen MR) is 75.6 cm³/mol. The molecule has 106 valence electrons. The second-order valence-corrected chi connectivity index (χ2v) is 5.14. The summed E-state index contributed by atoms with van der Waals surface area (Å²) in [4.78, 5) is 8.70. The maximum atomic E-state index is 5.44. The van der Waals surface area contributed by atoms with E-state index in [9.17, 15) is 0 Å². The van der Waals surface area contributed by atoms with E-state index in [1.807, 2.05) is 6.07 Å². The van der Waals surface area contributed by atoms with Crippen LogP contribution in [0, 0.1) is 5.92 Å². The van der Waals surface area contributed by atoms with Crippen molar-refractivity contribution < 1.29 is 4.74 Å². The van der Waals surface area contributed by atoms with Crippen LogP contribution in [0.15, 0.2) is 6.07 Å². The average Bonchev–Trinajstić information content (AvgIpc) is 2.41. The van der Waals surface area contributed by atoms with Gasteiger partial charge in [-0.3, -0.25) is 0 Å². The molecule has 4 N–H and O–H groups in total. The molecule has 2 rings (SSSR count). The molecule has 6 heteroatoms. The number of nitrogens with one attached hydrogen (secondary N) is 2. The topological polar surface area (TPSA) is 85.1 Å². The molecule has 0 radical (unpaired) electrons. The number of methoxy groups -OCH3 is 1. The first kappa shape index (κ1) is 14.0. The van der Waals surface area contributed by atoms with Crippen LogP contribution in [0.25, 0.3) is 0 Å². The summed E-state index contributed by atoms with van der Waals surface area (Å²) in [5.41, 5.74) is 2.57. The molecule has 1 heterocycles. The van der Waals surface area contributed by atoms with E-state index in [-0.39, 0.29) is 0 Å². The lowest BCUT2D eigenvalue weighted by molar-refractivity contribution is 0.178. The Morgan fingerprint density at radius 3 is 2.74 bits per heavy atom. The van der Waals surface area contributed by atoms with Gasteiger partial charge in [0.05, 0.1) is 0 Å². The largest absolute Gasteiger partial charge is 0.377 e. The van der Waals surface area contributed by atoms with Gasteiger partial charge in [-0.05, 0) is 18.8 Å². The third kappa shape index (κ3) is 3.78. The fourth-order valence-corrected chi connectivity index (χ4v) is 2.56. The number of aromatic nitrogens is 2. The molecule has 0 bridgehead atoms. The van der Waals surface area contributed by atoms with Crippen LogP contribution in [0.5, 0.6) is 0 Å². The molecule has 2 atom stereocenters. The molecule has 0 aliphatic heterocycles. The molecule has 19 heavy (non-hydrogen) atoms. The van der Waals surface area contributed by atoms with Crippen LogP contribution in [0.3, 0.4) is 0 Å². The Bertz CT molecular complexity index is 412. The normalized spacial score (nSPS) is 23.1. The van der Waals surface area contributed by atoms with Crippen LogP contribution in [0.4, 0.5) is 11.6 Å². The number of ether oxygens (including phenoxy) is 1. The summed E-state index contributed by atoms with van der Waals surface area (Å²) in [6.45, 7) is 2.67. The summed E-state index contributed by atoms with van der Waals surface area (Å²) in [7, 11) is 1.63. The molecule has 0 saturated heterocycles. The van der Waals surface area contributed by atoms with Crippen molar-refractivity contribution in [3.63, 3.8) is 0 Å². The Kier molecular flexibility index (Phi) is 4.93. The summed E-state index contributed by atoms with van der Waals surface area (Å²) in [5.74, 6) is 8.15. The van der Waals surface area contributed by atoms with E-state index < -0.39 is 0 Å². The smallest absolute Gasteiger partial charge is 0.158 e. The Labute approximate surface area is 114 Å². The first-order valence-corrected chi connectivity index (χ1v) is 6.83. The van der Waals surface area contributed by atoms with Crippen LogP contribution >= 0.6 is 0 Å². The van der Waals surface area contributed by atoms with Crippen molar-refractivity contribution in [2.45, 2.75) is 45.3 Å². The van der Waals surface area contributed by atoms with Crippen LogP contribution in [-0.4, -0.2) is 23.1 Å². The monoisotopic (exact) mass is 265 g/mol. The lowest BCUT2D eigenvalue weighted by Gasteiger charge is -2.30. The minimum Gasteiger partial charge on any atom is -0.377 e. The summed E-state index contributed by atoms with van der Waals surface area (Å²) < 4.78 is 5.07. The van der Waals surface area contributed by atoms with Crippen LogP contribution in [0.1, 0.15) is 38.4 Å². The van der Waals surface area contributed by atoms with Crippen LogP contribution < -0.4 is 16.6 Å². The number of hydrogen-bond acceptors (Lipinski definition) is 6. The standard InChI is InChI=1S/C13H23N5O/c1-9-5-3-4-6-10(9)15-11-7-12(18-14)17-13(16-11)8-19-2/h7,9-10H,3-6,8,14H2,1-2H3,(H2,15,16,17,18). The zero-order valence-corrected chi connectivity index (χ0v) is 11.6. The number of nitrogens with two attached hydrogens (primary N) is 1. The van der Waals surface area contributed by atoms with Gasteiger partial charge in [0.15, 0.2) is 5.82 Å². The Balaban J connectivity index is 2.11. The van der Waals surface area contributed by atoms with Gasteiger partial charge in [0.1, 0.15) is 18.2 Å². The van der Waals surface area contributed by atoms with Gasteiger partial charge in [0.2, 0.25) is 0 Å². The van der Waals surface area contributed by atoms with E-state index in [4.69, 9.17) is 10.6 Å². The highest BCUT2D eigenvalue weighted by Gasteiger charge is 2.21. The molecule has 1 saturated carbocycles.